The molecule has 3 atom stereocenters. The maximum atomic E-state index is 11.5. The monoisotopic (exact) mass is 280 g/mol. The van der Waals surface area contributed by atoms with Crippen molar-refractivity contribution in [2.24, 2.45) is 5.73 Å². The molecule has 1 aliphatic heterocycles. The van der Waals surface area contributed by atoms with E-state index in [0.29, 0.717) is 24.4 Å². The molecule has 0 bridgehead atoms. The molecule has 1 aromatic rings. The zero-order valence-corrected chi connectivity index (χ0v) is 11.6. The summed E-state index contributed by atoms with van der Waals surface area (Å²) in [5.74, 6) is 0.303. The predicted molar refractivity (Wildman–Crippen MR) is 70.1 cm³/mol. The Hall–Kier alpha value is -1.86. The van der Waals surface area contributed by atoms with E-state index in [1.54, 1.807) is 12.3 Å². The van der Waals surface area contributed by atoms with E-state index in [1.165, 1.54) is 6.33 Å². The summed E-state index contributed by atoms with van der Waals surface area (Å²) in [4.78, 5) is 9.85. The zero-order valence-electron chi connectivity index (χ0n) is 11.6. The number of H-pyrrole nitrogens is 1. The Morgan fingerprint density at radius 1 is 1.65 bits per heavy atom. The lowest BCUT2D eigenvalue weighted by molar-refractivity contribution is -0.607. The van der Waals surface area contributed by atoms with Crippen LogP contribution in [0.1, 0.15) is 26.0 Å². The zero-order chi connectivity index (χ0) is 14.8. The number of hydrogen-bond donors (Lipinski definition) is 4. The van der Waals surface area contributed by atoms with E-state index in [0.717, 1.165) is 5.69 Å². The van der Waals surface area contributed by atoms with Gasteiger partial charge in [-0.25, -0.2) is 9.98 Å². The fourth-order valence-corrected chi connectivity index (χ4v) is 2.15. The van der Waals surface area contributed by atoms with Crippen molar-refractivity contribution in [1.82, 2.24) is 9.97 Å². The van der Waals surface area contributed by atoms with Crippen LogP contribution in [0.3, 0.4) is 0 Å². The minimum Gasteiger partial charge on any atom is -0.826 e. The minimum absolute atomic E-state index is 0.303. The van der Waals surface area contributed by atoms with Crippen LogP contribution in [0.25, 0.3) is 0 Å². The number of imidazole rings is 1. The summed E-state index contributed by atoms with van der Waals surface area (Å²) in [5, 5.41) is 20.9. The van der Waals surface area contributed by atoms with Crippen LogP contribution in [0, 0.1) is 0 Å². The lowest BCUT2D eigenvalue weighted by atomic mass is 9.97. The van der Waals surface area contributed by atoms with E-state index in [9.17, 15) is 10.2 Å². The third-order valence-corrected chi connectivity index (χ3v) is 3.55. The van der Waals surface area contributed by atoms with E-state index in [4.69, 9.17) is 10.5 Å². The van der Waals surface area contributed by atoms with Gasteiger partial charge in [0.2, 0.25) is 5.71 Å². The van der Waals surface area contributed by atoms with Crippen molar-refractivity contribution in [3.8, 4) is 0 Å². The summed E-state index contributed by atoms with van der Waals surface area (Å²) >= 11 is 0. The Labute approximate surface area is 117 Å². The molecule has 0 radical (unpaired) electrons. The second kappa shape index (κ2) is 5.64. The highest BCUT2D eigenvalue weighted by molar-refractivity contribution is 5.99. The first-order valence-corrected chi connectivity index (χ1v) is 6.56. The van der Waals surface area contributed by atoms with Crippen LogP contribution in [0.5, 0.6) is 0 Å². The van der Waals surface area contributed by atoms with Gasteiger partial charge in [-0.15, -0.1) is 0 Å². The Bertz CT molecular complexity index is 510. The first kappa shape index (κ1) is 14.5. The van der Waals surface area contributed by atoms with Crippen LogP contribution in [0.15, 0.2) is 24.5 Å². The molecule has 0 saturated carbocycles. The lowest BCUT2D eigenvalue weighted by Gasteiger charge is -2.23. The molecule has 0 aromatic carbocycles. The molecular weight excluding hydrogens is 260 g/mol. The number of ether oxygens (including phenoxy) is 1. The van der Waals surface area contributed by atoms with Crippen molar-refractivity contribution in [3.63, 3.8) is 0 Å². The third kappa shape index (κ3) is 3.00. The molecule has 0 aliphatic carbocycles. The molecule has 2 rings (SSSR count). The van der Waals surface area contributed by atoms with E-state index >= 15 is 0 Å². The number of rotatable bonds is 5. The van der Waals surface area contributed by atoms with Gasteiger partial charge in [-0.1, -0.05) is 6.92 Å². The van der Waals surface area contributed by atoms with E-state index in [1.807, 2.05) is 13.8 Å². The van der Waals surface area contributed by atoms with Crippen molar-refractivity contribution in [3.05, 3.63) is 30.2 Å². The molecule has 7 nitrogen and oxygen atoms in total. The van der Waals surface area contributed by atoms with E-state index in [2.05, 4.69) is 15.0 Å². The summed E-state index contributed by atoms with van der Waals surface area (Å²) in [6.45, 7) is 3.85. The first-order valence-electron chi connectivity index (χ1n) is 6.56. The van der Waals surface area contributed by atoms with Gasteiger partial charge in [0.15, 0.2) is 17.5 Å². The molecule has 0 fully saturated rings. The van der Waals surface area contributed by atoms with Crippen LogP contribution in [-0.4, -0.2) is 38.7 Å². The number of aromatic amines is 1. The van der Waals surface area contributed by atoms with Gasteiger partial charge in [0.1, 0.15) is 0 Å². The number of nitrogens with zero attached hydrogens (tertiary/aromatic N) is 1. The molecule has 0 saturated heterocycles. The number of aromatic nitrogens is 2. The summed E-state index contributed by atoms with van der Waals surface area (Å²) in [5.41, 5.74) is 6.57. The molecule has 20 heavy (non-hydrogen) atoms. The minimum atomic E-state index is -1.76. The molecule has 1 aliphatic rings. The van der Waals surface area contributed by atoms with Crippen LogP contribution in [0.4, 0.5) is 0 Å². The smallest absolute Gasteiger partial charge is 0.224 e. The number of nitrogens with one attached hydrogen (secondary N) is 2. The Morgan fingerprint density at radius 3 is 2.95 bits per heavy atom. The van der Waals surface area contributed by atoms with Gasteiger partial charge in [0.05, 0.1) is 18.8 Å². The molecule has 110 valence electrons. The van der Waals surface area contributed by atoms with Crippen molar-refractivity contribution in [2.45, 2.75) is 44.6 Å². The maximum Gasteiger partial charge on any atom is 0.224 e. The van der Waals surface area contributed by atoms with Crippen LogP contribution < -0.4 is 15.8 Å². The van der Waals surface area contributed by atoms with Gasteiger partial charge >= 0.3 is 0 Å². The molecule has 1 aromatic heterocycles. The molecule has 7 heteroatoms. The average Bonchev–Trinajstić information content (AvgIpc) is 2.98. The second-order valence-corrected chi connectivity index (χ2v) is 5.07. The summed E-state index contributed by atoms with van der Waals surface area (Å²) in [6.07, 6.45) is 4.08. The molecule has 2 heterocycles. The number of aliphatic hydroxyl groups is 1. The summed E-state index contributed by atoms with van der Waals surface area (Å²) in [6, 6.07) is -0.693. The highest BCUT2D eigenvalue weighted by Gasteiger charge is 2.41. The Kier molecular flexibility index (Phi) is 4.10. The first-order chi connectivity index (χ1) is 9.44. The van der Waals surface area contributed by atoms with Gasteiger partial charge in [-0.3, -0.25) is 0 Å². The van der Waals surface area contributed by atoms with Crippen molar-refractivity contribution in [1.29, 1.82) is 0 Å². The Balaban J connectivity index is 2.24. The average molecular weight is 280 g/mol. The van der Waals surface area contributed by atoms with Crippen LogP contribution in [-0.2, 0) is 11.2 Å². The topological polar surface area (TPSA) is 121 Å². The number of aliphatic hydroxyl groups excluding tert-OH is 1. The molecule has 2 unspecified atom stereocenters. The number of hydrogen-bond acceptors (Lipinski definition) is 5. The molecule has 0 amide bonds. The van der Waals surface area contributed by atoms with Crippen LogP contribution in [0.2, 0.25) is 0 Å². The largest absolute Gasteiger partial charge is 0.826 e. The standard InChI is InChI=1S/C13H19N4O3/c1-3-13(2)10(5-11(14)20-13)17-9(12(18)19)4-8-6-15-7-16-8/h5-7,9,12,18H,3-4,14H2,1-2H3,(H,15,16)/q-1/p+1/t9-,12?,13?/m0/s1. The maximum absolute atomic E-state index is 11.5. The SMILES string of the molecule is CCC1(C)OC(N)=CC1=[NH+][C@@H](Cc1cnc[nH]1)C([O-])O. The highest BCUT2D eigenvalue weighted by atomic mass is 16.5. The Morgan fingerprint density at radius 2 is 2.40 bits per heavy atom. The van der Waals surface area contributed by atoms with Crippen LogP contribution >= 0.6 is 0 Å². The third-order valence-electron chi connectivity index (χ3n) is 3.55. The van der Waals surface area contributed by atoms with Crippen molar-refractivity contribution in [2.75, 3.05) is 0 Å². The highest BCUT2D eigenvalue weighted by Crippen LogP contribution is 2.24. The second-order valence-electron chi connectivity index (χ2n) is 5.07. The van der Waals surface area contributed by atoms with Crippen molar-refractivity contribution < 1.29 is 19.9 Å². The number of nitrogens with two attached hydrogens (primary N) is 1. The molecule has 5 N–H and O–H groups in total. The quantitative estimate of drug-likeness (QED) is 0.445. The normalized spacial score (nSPS) is 27.2. The van der Waals surface area contributed by atoms with Crippen molar-refractivity contribution >= 4 is 5.71 Å². The van der Waals surface area contributed by atoms with Gasteiger partial charge < -0.3 is 25.7 Å². The van der Waals surface area contributed by atoms with Gasteiger partial charge in [0.25, 0.3) is 0 Å². The predicted octanol–water partition coefficient (Wildman–Crippen LogP) is -2.48. The molecule has 0 spiro atoms. The lowest BCUT2D eigenvalue weighted by Crippen LogP contribution is -2.86. The fourth-order valence-electron chi connectivity index (χ4n) is 2.15. The summed E-state index contributed by atoms with van der Waals surface area (Å²) < 4.78 is 5.56. The van der Waals surface area contributed by atoms with E-state index in [-0.39, 0.29) is 0 Å². The fraction of sp³-hybridized carbons (Fsp3) is 0.538. The van der Waals surface area contributed by atoms with Gasteiger partial charge in [0, 0.05) is 18.2 Å². The van der Waals surface area contributed by atoms with E-state index < -0.39 is 17.9 Å². The van der Waals surface area contributed by atoms with Gasteiger partial charge in [-0.2, -0.15) is 0 Å². The molecular formula is C13H20N4O3. The van der Waals surface area contributed by atoms with Gasteiger partial charge in [-0.05, 0) is 13.3 Å². The summed E-state index contributed by atoms with van der Waals surface area (Å²) in [7, 11) is 0.